The van der Waals surface area contributed by atoms with Gasteiger partial charge < -0.3 is 25.0 Å². The van der Waals surface area contributed by atoms with Gasteiger partial charge in [-0.1, -0.05) is 12.2 Å². The third-order valence-electron chi connectivity index (χ3n) is 3.23. The van der Waals surface area contributed by atoms with Crippen LogP contribution in [0.3, 0.4) is 0 Å². The summed E-state index contributed by atoms with van der Waals surface area (Å²) in [7, 11) is 3.03. The summed E-state index contributed by atoms with van der Waals surface area (Å²) >= 11 is 0. The first-order chi connectivity index (χ1) is 11.1. The molecule has 0 unspecified atom stereocenters. The summed E-state index contributed by atoms with van der Waals surface area (Å²) in [6.07, 6.45) is 9.20. The number of hydrogen-bond acceptors (Lipinski definition) is 5. The molecule has 1 aromatic rings. The number of hydrogen-bond donors (Lipinski definition) is 1. The first-order valence-electron chi connectivity index (χ1n) is 6.76. The zero-order valence-corrected chi connectivity index (χ0v) is 12.7. The van der Waals surface area contributed by atoms with Crippen LogP contribution in [0.15, 0.2) is 60.2 Å². The fourth-order valence-electron chi connectivity index (χ4n) is 2.06. The second kappa shape index (κ2) is 7.22. The summed E-state index contributed by atoms with van der Waals surface area (Å²) in [6, 6.07) is 4.96. The van der Waals surface area contributed by atoms with Crippen LogP contribution in [0, 0.1) is 10.4 Å². The molecule has 1 aliphatic carbocycles. The van der Waals surface area contributed by atoms with Gasteiger partial charge in [-0.05, 0) is 36.4 Å². The standard InChI is InChI=1S/C17H16NO5/c1-22-16-10-8-13(11-17(16)23-2)15(19)9-7-12-5-3-4-6-14(12)18(20)21/h3-11H,1-2H3,(H-,19,20,21)/q-1. The first kappa shape index (κ1) is 16.2. The highest BCUT2D eigenvalue weighted by atomic mass is 16.8. The Kier molecular flexibility index (Phi) is 5.09. The molecule has 1 aromatic carbocycles. The molecule has 0 aliphatic heterocycles. The molecule has 6 heteroatoms. The van der Waals surface area contributed by atoms with Crippen molar-refractivity contribution in [2.45, 2.75) is 0 Å². The zero-order chi connectivity index (χ0) is 16.8. The van der Waals surface area contributed by atoms with E-state index in [9.17, 15) is 15.5 Å². The number of aliphatic hydroxyl groups excluding tert-OH is 1. The predicted molar refractivity (Wildman–Crippen MR) is 88.5 cm³/mol. The molecule has 0 fully saturated rings. The Hall–Kier alpha value is -3.15. The fourth-order valence-corrected chi connectivity index (χ4v) is 2.06. The van der Waals surface area contributed by atoms with Crippen LogP contribution in [0.1, 0.15) is 5.56 Å². The highest BCUT2D eigenvalue weighted by molar-refractivity contribution is 6.08. The third kappa shape index (κ3) is 3.74. The maximum atomic E-state index is 11.0. The van der Waals surface area contributed by atoms with Crippen molar-refractivity contribution in [2.24, 2.45) is 0 Å². The molecule has 0 amide bonds. The predicted octanol–water partition coefficient (Wildman–Crippen LogP) is 3.10. The van der Waals surface area contributed by atoms with E-state index in [1.165, 1.54) is 32.4 Å². The molecule has 1 N–H and O–H groups in total. The molecular weight excluding hydrogens is 298 g/mol. The van der Waals surface area contributed by atoms with Crippen LogP contribution >= 0.6 is 0 Å². The lowest BCUT2D eigenvalue weighted by Gasteiger charge is -2.11. The van der Waals surface area contributed by atoms with E-state index in [0.29, 0.717) is 22.6 Å². The van der Waals surface area contributed by atoms with Gasteiger partial charge in [0.2, 0.25) is 5.71 Å². The molecule has 0 radical (unpaired) electrons. The van der Waals surface area contributed by atoms with Crippen molar-refractivity contribution in [2.75, 3.05) is 14.2 Å². The largest absolute Gasteiger partial charge is 0.612 e. The maximum Gasteiger partial charge on any atom is 0.229 e. The molecule has 0 saturated heterocycles. The Morgan fingerprint density at radius 1 is 1.09 bits per heavy atom. The second-order valence-corrected chi connectivity index (χ2v) is 4.60. The van der Waals surface area contributed by atoms with Gasteiger partial charge >= 0.3 is 0 Å². The van der Waals surface area contributed by atoms with Gasteiger partial charge in [-0.25, -0.2) is 0 Å². The Labute approximate surface area is 133 Å². The van der Waals surface area contributed by atoms with Crippen LogP contribution in [0.4, 0.5) is 0 Å². The number of ether oxygens (including phenoxy) is 2. The van der Waals surface area contributed by atoms with Gasteiger partial charge in [-0.15, -0.1) is 0 Å². The molecule has 6 nitrogen and oxygen atoms in total. The summed E-state index contributed by atoms with van der Waals surface area (Å²) in [5, 5.41) is 32.1. The van der Waals surface area contributed by atoms with Gasteiger partial charge in [0, 0.05) is 17.2 Å². The lowest BCUT2D eigenvalue weighted by Crippen LogP contribution is -2.11. The number of benzene rings is 1. The molecular formula is C17H16NO5-. The highest BCUT2D eigenvalue weighted by Crippen LogP contribution is 2.29. The quantitative estimate of drug-likeness (QED) is 0.524. The van der Waals surface area contributed by atoms with E-state index in [2.05, 4.69) is 0 Å². The van der Waals surface area contributed by atoms with Crippen molar-refractivity contribution < 1.29 is 19.5 Å². The van der Waals surface area contributed by atoms with E-state index in [4.69, 9.17) is 9.47 Å². The summed E-state index contributed by atoms with van der Waals surface area (Å²) in [6.45, 7) is 0. The Morgan fingerprint density at radius 2 is 1.78 bits per heavy atom. The minimum absolute atomic E-state index is 0.0242. The topological polar surface area (TPSA) is 87.8 Å². The van der Waals surface area contributed by atoms with Crippen molar-refractivity contribution in [1.29, 1.82) is 0 Å². The van der Waals surface area contributed by atoms with E-state index >= 15 is 0 Å². The SMILES string of the molecule is COc1ccc(C(O)=CC=C2C=CC=CC2=[N+]([O-])[O-])cc1OC. The molecule has 0 atom stereocenters. The monoisotopic (exact) mass is 314 g/mol. The average Bonchev–Trinajstić information content (AvgIpc) is 2.59. The van der Waals surface area contributed by atoms with E-state index < -0.39 is 4.90 Å². The molecule has 0 saturated carbocycles. The highest BCUT2D eigenvalue weighted by Gasteiger charge is 2.10. The van der Waals surface area contributed by atoms with Crippen LogP contribution in [0.2, 0.25) is 0 Å². The van der Waals surface area contributed by atoms with Gasteiger partial charge in [-0.3, -0.25) is 0 Å². The summed E-state index contributed by atoms with van der Waals surface area (Å²) < 4.78 is 10.3. The van der Waals surface area contributed by atoms with Gasteiger partial charge in [0.15, 0.2) is 11.5 Å². The molecule has 120 valence electrons. The fraction of sp³-hybridized carbons (Fsp3) is 0.118. The Balaban J connectivity index is 2.33. The molecule has 23 heavy (non-hydrogen) atoms. The number of allylic oxidation sites excluding steroid dienone is 7. The number of nitrogens with zero attached hydrogens (tertiary/aromatic N) is 1. The third-order valence-corrected chi connectivity index (χ3v) is 3.23. The Bertz CT molecular complexity index is 737. The second-order valence-electron chi connectivity index (χ2n) is 4.60. The van der Waals surface area contributed by atoms with Crippen LogP contribution in [-0.2, 0) is 0 Å². The van der Waals surface area contributed by atoms with Gasteiger partial charge in [0.05, 0.1) is 14.2 Å². The summed E-state index contributed by atoms with van der Waals surface area (Å²) in [5.74, 6) is 0.992. The molecule has 0 bridgehead atoms. The van der Waals surface area contributed by atoms with E-state index in [1.54, 1.807) is 36.4 Å². The first-order valence-corrected chi connectivity index (χ1v) is 6.76. The van der Waals surface area contributed by atoms with Crippen molar-refractivity contribution in [3.63, 3.8) is 0 Å². The molecule has 0 aromatic heterocycles. The maximum absolute atomic E-state index is 11.0. The van der Waals surface area contributed by atoms with Crippen molar-refractivity contribution in [1.82, 2.24) is 0 Å². The van der Waals surface area contributed by atoms with Crippen LogP contribution in [0.5, 0.6) is 11.5 Å². The smallest absolute Gasteiger partial charge is 0.229 e. The number of methoxy groups -OCH3 is 2. The zero-order valence-electron chi connectivity index (χ0n) is 12.7. The number of rotatable bonds is 4. The van der Waals surface area contributed by atoms with E-state index in [0.717, 1.165) is 0 Å². The van der Waals surface area contributed by atoms with Crippen LogP contribution in [0.25, 0.3) is 5.76 Å². The molecule has 0 spiro atoms. The Morgan fingerprint density at radius 3 is 2.43 bits per heavy atom. The minimum atomic E-state index is -0.465. The number of aliphatic hydroxyl groups is 1. The van der Waals surface area contributed by atoms with Crippen molar-refractivity contribution in [3.8, 4) is 11.5 Å². The normalized spacial score (nSPS) is 15.8. The average molecular weight is 314 g/mol. The summed E-state index contributed by atoms with van der Waals surface area (Å²) in [4.78, 5) is -0.465. The van der Waals surface area contributed by atoms with Crippen molar-refractivity contribution >= 4 is 11.5 Å². The van der Waals surface area contributed by atoms with Gasteiger partial charge in [0.25, 0.3) is 0 Å². The minimum Gasteiger partial charge on any atom is -0.612 e. The van der Waals surface area contributed by atoms with Crippen LogP contribution in [-0.4, -0.2) is 29.9 Å². The molecule has 1 aliphatic rings. The van der Waals surface area contributed by atoms with Crippen LogP contribution < -0.4 is 9.47 Å². The van der Waals surface area contributed by atoms with Gasteiger partial charge in [-0.2, -0.15) is 4.90 Å². The lowest BCUT2D eigenvalue weighted by molar-refractivity contribution is -0.377. The van der Waals surface area contributed by atoms with Gasteiger partial charge in [0.1, 0.15) is 5.76 Å². The van der Waals surface area contributed by atoms with E-state index in [1.807, 2.05) is 0 Å². The molecule has 0 heterocycles. The lowest BCUT2D eigenvalue weighted by atomic mass is 10.0. The summed E-state index contributed by atoms with van der Waals surface area (Å²) in [5.41, 5.74) is 0.894. The van der Waals surface area contributed by atoms with E-state index in [-0.39, 0.29) is 11.5 Å². The van der Waals surface area contributed by atoms with Crippen molar-refractivity contribution in [3.05, 3.63) is 76.2 Å². The molecule has 2 rings (SSSR count).